The second-order valence-electron chi connectivity index (χ2n) is 6.10. The van der Waals surface area contributed by atoms with E-state index in [1.54, 1.807) is 35.7 Å². The topological polar surface area (TPSA) is 49.3 Å². The molecule has 1 saturated carbocycles. The average molecular weight is 341 g/mol. The molecule has 1 aromatic carbocycles. The number of hydrogen-bond acceptors (Lipinski definition) is 4. The molecule has 0 aromatic heterocycles. The molecular formula is C16H20FNO2S2. The largest absolute Gasteiger partial charge is 0.386 e. The Balaban J connectivity index is 1.63. The predicted octanol–water partition coefficient (Wildman–Crippen LogP) is 2.18. The maximum Gasteiger partial charge on any atom is 0.230 e. The standard InChI is InChI=1S/C16H20FNO2S2/c17-13-3-1-12(2-4-13)16(5-6-16)14(19)18-9-15(20)10-21-7-8-22-11-15/h1-4,20H,5-11H2,(H,18,19). The highest BCUT2D eigenvalue weighted by Gasteiger charge is 2.51. The van der Waals surface area contributed by atoms with Gasteiger partial charge in [0.05, 0.1) is 11.0 Å². The number of carbonyl (C=O) groups is 1. The second-order valence-corrected chi connectivity index (χ2v) is 8.31. The Morgan fingerprint density at radius 1 is 1.18 bits per heavy atom. The lowest BCUT2D eigenvalue weighted by Crippen LogP contribution is -2.49. The molecule has 0 spiro atoms. The fourth-order valence-corrected chi connectivity index (χ4v) is 5.27. The molecule has 2 fully saturated rings. The van der Waals surface area contributed by atoms with Crippen LogP contribution in [0, 0.1) is 5.82 Å². The molecule has 3 nitrogen and oxygen atoms in total. The maximum atomic E-state index is 13.0. The normalized spacial score (nSPS) is 22.6. The van der Waals surface area contributed by atoms with Crippen LogP contribution in [0.3, 0.4) is 0 Å². The van der Waals surface area contributed by atoms with E-state index < -0.39 is 11.0 Å². The molecule has 0 bridgehead atoms. The molecule has 2 aliphatic rings. The van der Waals surface area contributed by atoms with Crippen LogP contribution in [-0.4, -0.2) is 46.2 Å². The van der Waals surface area contributed by atoms with Gasteiger partial charge in [-0.25, -0.2) is 4.39 Å². The summed E-state index contributed by atoms with van der Waals surface area (Å²) in [7, 11) is 0. The first-order chi connectivity index (χ1) is 10.5. The second kappa shape index (κ2) is 6.42. The van der Waals surface area contributed by atoms with E-state index >= 15 is 0 Å². The van der Waals surface area contributed by atoms with E-state index in [0.717, 1.165) is 29.9 Å². The van der Waals surface area contributed by atoms with Crippen LogP contribution in [0.15, 0.2) is 24.3 Å². The molecular weight excluding hydrogens is 321 g/mol. The summed E-state index contributed by atoms with van der Waals surface area (Å²) in [6.45, 7) is 0.286. The molecule has 1 amide bonds. The van der Waals surface area contributed by atoms with E-state index in [1.807, 2.05) is 0 Å². The van der Waals surface area contributed by atoms with Crippen molar-refractivity contribution in [3.8, 4) is 0 Å². The lowest BCUT2D eigenvalue weighted by atomic mass is 9.94. The Labute approximate surface area is 138 Å². The summed E-state index contributed by atoms with van der Waals surface area (Å²) in [6.07, 6.45) is 1.57. The zero-order valence-electron chi connectivity index (χ0n) is 12.3. The molecule has 1 aromatic rings. The van der Waals surface area contributed by atoms with Gasteiger partial charge in [-0.05, 0) is 30.5 Å². The molecule has 1 saturated heterocycles. The van der Waals surface area contributed by atoms with Gasteiger partial charge in [-0.3, -0.25) is 4.79 Å². The van der Waals surface area contributed by atoms with Crippen LogP contribution in [0.1, 0.15) is 18.4 Å². The number of carbonyl (C=O) groups excluding carboxylic acids is 1. The van der Waals surface area contributed by atoms with E-state index in [9.17, 15) is 14.3 Å². The Morgan fingerprint density at radius 3 is 2.32 bits per heavy atom. The van der Waals surface area contributed by atoms with Gasteiger partial charge in [-0.2, -0.15) is 23.5 Å². The highest BCUT2D eigenvalue weighted by molar-refractivity contribution is 8.03. The highest BCUT2D eigenvalue weighted by atomic mass is 32.2. The first-order valence-corrected chi connectivity index (χ1v) is 9.77. The van der Waals surface area contributed by atoms with Crippen LogP contribution in [0.4, 0.5) is 4.39 Å². The summed E-state index contributed by atoms with van der Waals surface area (Å²) in [4.78, 5) is 12.6. The van der Waals surface area contributed by atoms with Crippen molar-refractivity contribution < 1.29 is 14.3 Å². The Kier molecular flexibility index (Phi) is 4.71. The smallest absolute Gasteiger partial charge is 0.230 e. The lowest BCUT2D eigenvalue weighted by molar-refractivity contribution is -0.124. The molecule has 22 heavy (non-hydrogen) atoms. The van der Waals surface area contributed by atoms with E-state index in [1.165, 1.54) is 12.1 Å². The third-order valence-corrected chi connectivity index (χ3v) is 7.00. The summed E-state index contributed by atoms with van der Waals surface area (Å²) in [6, 6.07) is 6.17. The summed E-state index contributed by atoms with van der Waals surface area (Å²) in [5, 5.41) is 13.5. The molecule has 0 unspecified atom stereocenters. The molecule has 0 atom stereocenters. The van der Waals surface area contributed by atoms with Crippen LogP contribution in [0.25, 0.3) is 0 Å². The van der Waals surface area contributed by atoms with Crippen molar-refractivity contribution in [2.75, 3.05) is 29.6 Å². The summed E-state index contributed by atoms with van der Waals surface area (Å²) in [5.41, 5.74) is -0.488. The van der Waals surface area contributed by atoms with Crippen LogP contribution in [-0.2, 0) is 10.2 Å². The van der Waals surface area contributed by atoms with Crippen LogP contribution in [0.5, 0.6) is 0 Å². The van der Waals surface area contributed by atoms with Crippen molar-refractivity contribution in [1.29, 1.82) is 0 Å². The fraction of sp³-hybridized carbons (Fsp3) is 0.562. The molecule has 1 aliphatic carbocycles. The van der Waals surface area contributed by atoms with Gasteiger partial charge in [-0.15, -0.1) is 0 Å². The monoisotopic (exact) mass is 341 g/mol. The molecule has 1 aliphatic heterocycles. The molecule has 6 heteroatoms. The van der Waals surface area contributed by atoms with Crippen molar-refractivity contribution in [2.24, 2.45) is 0 Å². The van der Waals surface area contributed by atoms with Gasteiger partial charge in [0, 0.05) is 29.6 Å². The van der Waals surface area contributed by atoms with Gasteiger partial charge in [-0.1, -0.05) is 12.1 Å². The Morgan fingerprint density at radius 2 is 1.77 bits per heavy atom. The van der Waals surface area contributed by atoms with Gasteiger partial charge >= 0.3 is 0 Å². The first-order valence-electron chi connectivity index (χ1n) is 7.46. The summed E-state index contributed by atoms with van der Waals surface area (Å²) in [5.74, 6) is 3.06. The number of benzene rings is 1. The number of halogens is 1. The van der Waals surface area contributed by atoms with E-state index in [4.69, 9.17) is 0 Å². The summed E-state index contributed by atoms with van der Waals surface area (Å²) < 4.78 is 13.0. The van der Waals surface area contributed by atoms with Gasteiger partial charge in [0.1, 0.15) is 5.82 Å². The SMILES string of the molecule is O=C(NCC1(O)CSCCSC1)C1(c2ccc(F)cc2)CC1. The minimum absolute atomic E-state index is 0.0493. The van der Waals surface area contributed by atoms with E-state index in [2.05, 4.69) is 5.32 Å². The zero-order valence-corrected chi connectivity index (χ0v) is 13.9. The summed E-state index contributed by atoms with van der Waals surface area (Å²) >= 11 is 3.46. The number of aliphatic hydroxyl groups is 1. The van der Waals surface area contributed by atoms with E-state index in [-0.39, 0.29) is 18.3 Å². The predicted molar refractivity (Wildman–Crippen MR) is 89.9 cm³/mol. The minimum Gasteiger partial charge on any atom is -0.386 e. The number of rotatable bonds is 4. The molecule has 2 N–H and O–H groups in total. The van der Waals surface area contributed by atoms with Crippen molar-refractivity contribution in [3.63, 3.8) is 0 Å². The van der Waals surface area contributed by atoms with Crippen molar-refractivity contribution in [2.45, 2.75) is 23.9 Å². The third kappa shape index (κ3) is 3.44. The Bertz CT molecular complexity index is 538. The van der Waals surface area contributed by atoms with Crippen LogP contribution in [0.2, 0.25) is 0 Å². The van der Waals surface area contributed by atoms with Crippen LogP contribution >= 0.6 is 23.5 Å². The van der Waals surface area contributed by atoms with Crippen molar-refractivity contribution in [3.05, 3.63) is 35.6 Å². The van der Waals surface area contributed by atoms with E-state index in [0.29, 0.717) is 11.5 Å². The van der Waals surface area contributed by atoms with Crippen LogP contribution < -0.4 is 5.32 Å². The number of thioether (sulfide) groups is 2. The molecule has 1 heterocycles. The molecule has 0 radical (unpaired) electrons. The highest BCUT2D eigenvalue weighted by Crippen LogP contribution is 2.48. The third-order valence-electron chi connectivity index (χ3n) is 4.27. The molecule has 3 rings (SSSR count). The number of nitrogens with one attached hydrogen (secondary N) is 1. The van der Waals surface area contributed by atoms with Gasteiger partial charge < -0.3 is 10.4 Å². The zero-order chi connectivity index (χ0) is 15.6. The minimum atomic E-state index is -0.833. The van der Waals surface area contributed by atoms with Crippen molar-refractivity contribution >= 4 is 29.4 Å². The first kappa shape index (κ1) is 16.1. The Hall–Kier alpha value is -0.720. The van der Waals surface area contributed by atoms with Gasteiger partial charge in [0.2, 0.25) is 5.91 Å². The number of amides is 1. The van der Waals surface area contributed by atoms with Gasteiger partial charge in [0.25, 0.3) is 0 Å². The quantitative estimate of drug-likeness (QED) is 0.881. The molecule has 120 valence electrons. The number of hydrogen-bond donors (Lipinski definition) is 2. The maximum absolute atomic E-state index is 13.0. The lowest BCUT2D eigenvalue weighted by Gasteiger charge is -2.27. The van der Waals surface area contributed by atoms with Gasteiger partial charge in [0.15, 0.2) is 0 Å². The van der Waals surface area contributed by atoms with Crippen molar-refractivity contribution in [1.82, 2.24) is 5.32 Å². The average Bonchev–Trinajstić information content (AvgIpc) is 3.32. The fourth-order valence-electron chi connectivity index (χ4n) is 2.74.